The summed E-state index contributed by atoms with van der Waals surface area (Å²) in [6, 6.07) is 11.5. The summed E-state index contributed by atoms with van der Waals surface area (Å²) in [5.41, 5.74) is 1.94. The number of halogens is 4. The van der Waals surface area contributed by atoms with Crippen LogP contribution in [0.4, 0.5) is 8.78 Å². The molecule has 20 heavy (non-hydrogen) atoms. The second-order valence-electron chi connectivity index (χ2n) is 4.81. The highest BCUT2D eigenvalue weighted by Crippen LogP contribution is 2.21. The Balaban J connectivity index is 2.07. The van der Waals surface area contributed by atoms with Crippen LogP contribution in [0.25, 0.3) is 0 Å². The number of hydrogen-bond acceptors (Lipinski definition) is 0. The van der Waals surface area contributed by atoms with Gasteiger partial charge in [0.25, 0.3) is 0 Å². The van der Waals surface area contributed by atoms with Gasteiger partial charge in [-0.25, -0.2) is 8.78 Å². The molecule has 0 saturated heterocycles. The van der Waals surface area contributed by atoms with E-state index in [1.54, 1.807) is 18.2 Å². The molecule has 0 nitrogen and oxygen atoms in total. The molecule has 0 radical (unpaired) electrons. The zero-order valence-corrected chi connectivity index (χ0v) is 13.1. The van der Waals surface area contributed by atoms with E-state index in [1.807, 2.05) is 6.07 Å². The number of alkyl halides is 1. The van der Waals surface area contributed by atoms with Crippen molar-refractivity contribution in [2.75, 3.05) is 5.88 Å². The molecule has 0 aliphatic heterocycles. The van der Waals surface area contributed by atoms with Gasteiger partial charge in [0.1, 0.15) is 11.6 Å². The Labute approximate surface area is 130 Å². The summed E-state index contributed by atoms with van der Waals surface area (Å²) < 4.78 is 26.8. The van der Waals surface area contributed by atoms with E-state index in [-0.39, 0.29) is 17.6 Å². The molecule has 0 N–H and O–H groups in total. The van der Waals surface area contributed by atoms with Gasteiger partial charge in [-0.05, 0) is 70.1 Å². The first kappa shape index (κ1) is 15.5. The summed E-state index contributed by atoms with van der Waals surface area (Å²) in [5.74, 6) is 0.156. The van der Waals surface area contributed by atoms with Crippen molar-refractivity contribution in [3.8, 4) is 0 Å². The van der Waals surface area contributed by atoms with Crippen LogP contribution < -0.4 is 0 Å². The highest BCUT2D eigenvalue weighted by molar-refractivity contribution is 9.10. The molecular weight excluding hydrogens is 346 g/mol. The van der Waals surface area contributed by atoms with Crippen LogP contribution in [-0.4, -0.2) is 5.88 Å². The smallest absolute Gasteiger partial charge is 0.137 e. The molecule has 0 aromatic heterocycles. The zero-order chi connectivity index (χ0) is 14.5. The van der Waals surface area contributed by atoms with Crippen LogP contribution in [0.2, 0.25) is 0 Å². The fourth-order valence-corrected chi connectivity index (χ4v) is 2.82. The maximum Gasteiger partial charge on any atom is 0.137 e. The van der Waals surface area contributed by atoms with Gasteiger partial charge in [-0.15, -0.1) is 11.6 Å². The van der Waals surface area contributed by atoms with E-state index in [0.29, 0.717) is 16.8 Å². The van der Waals surface area contributed by atoms with Gasteiger partial charge < -0.3 is 0 Å². The molecule has 0 amide bonds. The van der Waals surface area contributed by atoms with E-state index in [2.05, 4.69) is 15.9 Å². The van der Waals surface area contributed by atoms with Gasteiger partial charge in [0.2, 0.25) is 0 Å². The van der Waals surface area contributed by atoms with Gasteiger partial charge in [0, 0.05) is 5.88 Å². The monoisotopic (exact) mass is 358 g/mol. The van der Waals surface area contributed by atoms with Crippen LogP contribution in [0.1, 0.15) is 11.1 Å². The normalized spacial score (nSPS) is 12.4. The lowest BCUT2D eigenvalue weighted by Gasteiger charge is -2.14. The maximum atomic E-state index is 13.2. The summed E-state index contributed by atoms with van der Waals surface area (Å²) in [4.78, 5) is 0. The molecule has 0 fully saturated rings. The Kier molecular flexibility index (Phi) is 5.55. The molecule has 0 spiro atoms. The number of benzene rings is 2. The van der Waals surface area contributed by atoms with Crippen molar-refractivity contribution in [1.82, 2.24) is 0 Å². The highest BCUT2D eigenvalue weighted by Gasteiger charge is 2.11. The van der Waals surface area contributed by atoms with Crippen LogP contribution in [0.5, 0.6) is 0 Å². The lowest BCUT2D eigenvalue weighted by atomic mass is 9.94. The second kappa shape index (κ2) is 7.19. The minimum atomic E-state index is -0.277. The maximum absolute atomic E-state index is 13.2. The van der Waals surface area contributed by atoms with E-state index in [9.17, 15) is 8.78 Å². The summed E-state index contributed by atoms with van der Waals surface area (Å²) in [6.07, 6.45) is 1.44. The van der Waals surface area contributed by atoms with Crippen molar-refractivity contribution in [2.45, 2.75) is 12.8 Å². The van der Waals surface area contributed by atoms with Crippen LogP contribution in [0.3, 0.4) is 0 Å². The van der Waals surface area contributed by atoms with E-state index in [0.717, 1.165) is 17.5 Å². The van der Waals surface area contributed by atoms with E-state index in [4.69, 9.17) is 11.6 Å². The van der Waals surface area contributed by atoms with Gasteiger partial charge in [0.05, 0.1) is 4.47 Å². The SMILES string of the molecule is Fc1cccc(CC(CCl)Cc2ccc(F)c(Br)c2)c1. The standard InChI is InChI=1S/C16H14BrClF2/c17-15-9-12(4-5-16(15)20)7-13(10-18)6-11-2-1-3-14(19)8-11/h1-5,8-9,13H,6-7,10H2. The van der Waals surface area contributed by atoms with Crippen molar-refractivity contribution < 1.29 is 8.78 Å². The molecule has 1 unspecified atom stereocenters. The fourth-order valence-electron chi connectivity index (χ4n) is 2.18. The lowest BCUT2D eigenvalue weighted by molar-refractivity contribution is 0.573. The van der Waals surface area contributed by atoms with Crippen LogP contribution in [-0.2, 0) is 12.8 Å². The molecule has 106 valence electrons. The van der Waals surface area contributed by atoms with Crippen molar-refractivity contribution >= 4 is 27.5 Å². The Morgan fingerprint density at radius 3 is 2.30 bits per heavy atom. The predicted octanol–water partition coefficient (Wildman–Crippen LogP) is 5.37. The Hall–Kier alpha value is -0.930. The largest absolute Gasteiger partial charge is 0.207 e. The minimum Gasteiger partial charge on any atom is -0.207 e. The first-order chi connectivity index (χ1) is 9.58. The summed E-state index contributed by atoms with van der Waals surface area (Å²) >= 11 is 9.18. The van der Waals surface area contributed by atoms with Gasteiger partial charge in [0.15, 0.2) is 0 Å². The van der Waals surface area contributed by atoms with E-state index in [1.165, 1.54) is 18.2 Å². The Bertz CT molecular complexity index is 586. The minimum absolute atomic E-state index is 0.191. The summed E-state index contributed by atoms with van der Waals surface area (Å²) in [6.45, 7) is 0. The zero-order valence-electron chi connectivity index (χ0n) is 10.8. The predicted molar refractivity (Wildman–Crippen MR) is 82.1 cm³/mol. The molecule has 1 atom stereocenters. The molecule has 0 aliphatic rings. The van der Waals surface area contributed by atoms with Crippen molar-refractivity contribution in [1.29, 1.82) is 0 Å². The molecular formula is C16H14BrClF2. The fraction of sp³-hybridized carbons (Fsp3) is 0.250. The molecule has 2 aromatic carbocycles. The van der Waals surface area contributed by atoms with Crippen LogP contribution in [0.15, 0.2) is 46.9 Å². The van der Waals surface area contributed by atoms with Gasteiger partial charge in [-0.1, -0.05) is 18.2 Å². The van der Waals surface area contributed by atoms with Crippen molar-refractivity contribution in [2.24, 2.45) is 5.92 Å². The number of hydrogen-bond donors (Lipinski definition) is 0. The molecule has 0 aliphatic carbocycles. The average Bonchev–Trinajstić information content (AvgIpc) is 2.42. The van der Waals surface area contributed by atoms with E-state index < -0.39 is 0 Å². The van der Waals surface area contributed by atoms with Crippen molar-refractivity contribution in [3.05, 3.63) is 69.7 Å². The topological polar surface area (TPSA) is 0 Å². The molecule has 2 rings (SSSR count). The van der Waals surface area contributed by atoms with Crippen LogP contribution in [0, 0.1) is 17.6 Å². The second-order valence-corrected chi connectivity index (χ2v) is 5.97. The van der Waals surface area contributed by atoms with E-state index >= 15 is 0 Å². The third-order valence-corrected chi connectivity index (χ3v) is 4.18. The van der Waals surface area contributed by atoms with Crippen molar-refractivity contribution in [3.63, 3.8) is 0 Å². The third kappa shape index (κ3) is 4.29. The molecule has 2 aromatic rings. The first-order valence-corrected chi connectivity index (χ1v) is 7.65. The van der Waals surface area contributed by atoms with Gasteiger partial charge in [-0.3, -0.25) is 0 Å². The number of rotatable bonds is 5. The lowest BCUT2D eigenvalue weighted by Crippen LogP contribution is -2.10. The summed E-state index contributed by atoms with van der Waals surface area (Å²) in [5, 5.41) is 0. The average molecular weight is 360 g/mol. The first-order valence-electron chi connectivity index (χ1n) is 6.33. The Morgan fingerprint density at radius 2 is 1.70 bits per heavy atom. The molecule has 0 bridgehead atoms. The molecule has 0 saturated carbocycles. The Morgan fingerprint density at radius 1 is 1.00 bits per heavy atom. The third-order valence-electron chi connectivity index (χ3n) is 3.14. The summed E-state index contributed by atoms with van der Waals surface area (Å²) in [7, 11) is 0. The van der Waals surface area contributed by atoms with Crippen LogP contribution >= 0.6 is 27.5 Å². The van der Waals surface area contributed by atoms with Gasteiger partial charge >= 0.3 is 0 Å². The molecule has 0 heterocycles. The highest BCUT2D eigenvalue weighted by atomic mass is 79.9. The quantitative estimate of drug-likeness (QED) is 0.630. The van der Waals surface area contributed by atoms with Gasteiger partial charge in [-0.2, -0.15) is 0 Å². The molecule has 4 heteroatoms.